The number of imidazole rings is 1. The van der Waals surface area contributed by atoms with E-state index in [2.05, 4.69) is 22.5 Å². The molecule has 0 atom stereocenters. The maximum absolute atomic E-state index is 10.6. The van der Waals surface area contributed by atoms with Gasteiger partial charge in [-0.1, -0.05) is 6.92 Å². The average Bonchev–Trinajstić information content (AvgIpc) is 2.99. The molecule has 0 aliphatic heterocycles. The lowest BCUT2D eigenvalue weighted by molar-refractivity contribution is 0.0649. The number of benzene rings is 1. The van der Waals surface area contributed by atoms with Crippen molar-refractivity contribution in [2.24, 2.45) is 0 Å². The van der Waals surface area contributed by atoms with E-state index in [1.807, 2.05) is 13.1 Å². The van der Waals surface area contributed by atoms with Crippen LogP contribution in [0.1, 0.15) is 55.9 Å². The van der Waals surface area contributed by atoms with Crippen LogP contribution in [-0.2, 0) is 13.0 Å². The normalized spacial score (nSPS) is 9.67. The van der Waals surface area contributed by atoms with E-state index in [0.717, 1.165) is 42.7 Å². The Hall–Kier alpha value is -3.67. The Morgan fingerprint density at radius 3 is 2.22 bits per heavy atom. The smallest absolute Gasteiger partial charge is 0.336 e. The number of aromatic nitrogens is 2. The van der Waals surface area contributed by atoms with Crippen LogP contribution in [0.5, 0.6) is 0 Å². The summed E-state index contributed by atoms with van der Waals surface area (Å²) in [4.78, 5) is 36.1. The van der Waals surface area contributed by atoms with Gasteiger partial charge in [0.05, 0.1) is 34.9 Å². The first-order chi connectivity index (χ1) is 12.7. The first kappa shape index (κ1) is 21.4. The van der Waals surface area contributed by atoms with E-state index < -0.39 is 29.0 Å². The molecule has 0 aliphatic rings. The summed E-state index contributed by atoms with van der Waals surface area (Å²) in [5.74, 6) is -3.13. The van der Waals surface area contributed by atoms with Crippen LogP contribution < -0.4 is 0 Å². The number of nitrogens with zero attached hydrogens (tertiary/aromatic N) is 3. The van der Waals surface area contributed by atoms with Gasteiger partial charge in [0, 0.05) is 19.2 Å². The number of nitriles is 1. The number of carboxylic acid groups (broad SMARTS) is 3. The Morgan fingerprint density at radius 1 is 1.11 bits per heavy atom. The highest BCUT2D eigenvalue weighted by Gasteiger charge is 2.17. The van der Waals surface area contributed by atoms with Crippen molar-refractivity contribution in [1.29, 1.82) is 5.26 Å². The largest absolute Gasteiger partial charge is 0.478 e. The Morgan fingerprint density at radius 2 is 1.74 bits per heavy atom. The molecule has 2 rings (SSSR count). The third-order valence-electron chi connectivity index (χ3n) is 3.49. The quantitative estimate of drug-likeness (QED) is 0.697. The number of carboxylic acids is 3. The van der Waals surface area contributed by atoms with Crippen molar-refractivity contribution in [1.82, 2.24) is 9.55 Å². The summed E-state index contributed by atoms with van der Waals surface area (Å²) in [5, 5.41) is 34.3. The summed E-state index contributed by atoms with van der Waals surface area (Å²) in [6.07, 6.45) is 3.48. The minimum atomic E-state index is -1.48. The molecule has 0 saturated carbocycles. The van der Waals surface area contributed by atoms with Crippen molar-refractivity contribution in [3.8, 4) is 6.07 Å². The molecule has 0 saturated heterocycles. The van der Waals surface area contributed by atoms with Gasteiger partial charge in [0.15, 0.2) is 0 Å². The highest BCUT2D eigenvalue weighted by atomic mass is 16.4. The summed E-state index contributed by atoms with van der Waals surface area (Å²) < 4.78 is 2.05. The summed E-state index contributed by atoms with van der Waals surface area (Å²) in [6.45, 7) is 4.81. The van der Waals surface area contributed by atoms with E-state index in [4.69, 9.17) is 20.6 Å². The van der Waals surface area contributed by atoms with Crippen LogP contribution in [0, 0.1) is 18.3 Å². The van der Waals surface area contributed by atoms with Gasteiger partial charge in [-0.3, -0.25) is 0 Å². The zero-order valence-electron chi connectivity index (χ0n) is 14.8. The number of aryl methyl sites for hydroxylation is 3. The molecule has 9 nitrogen and oxygen atoms in total. The lowest BCUT2D eigenvalue weighted by atomic mass is 10.0. The molecule has 142 valence electrons. The van der Waals surface area contributed by atoms with Gasteiger partial charge in [-0.15, -0.1) is 0 Å². The van der Waals surface area contributed by atoms with Gasteiger partial charge in [0.1, 0.15) is 5.82 Å². The van der Waals surface area contributed by atoms with Crippen molar-refractivity contribution < 1.29 is 29.7 Å². The minimum Gasteiger partial charge on any atom is -0.478 e. The zero-order valence-corrected chi connectivity index (χ0v) is 14.8. The van der Waals surface area contributed by atoms with Crippen LogP contribution in [0.3, 0.4) is 0 Å². The number of rotatable bonds is 6. The number of hydrogen-bond acceptors (Lipinski definition) is 5. The number of aromatic carboxylic acids is 3. The van der Waals surface area contributed by atoms with Crippen LogP contribution in [0.2, 0.25) is 0 Å². The highest BCUT2D eigenvalue weighted by Crippen LogP contribution is 2.12. The van der Waals surface area contributed by atoms with Crippen LogP contribution >= 0.6 is 0 Å². The van der Waals surface area contributed by atoms with E-state index in [9.17, 15) is 14.4 Å². The molecule has 1 heterocycles. The third-order valence-corrected chi connectivity index (χ3v) is 3.49. The Bertz CT molecular complexity index is 895. The molecule has 0 fully saturated rings. The van der Waals surface area contributed by atoms with Gasteiger partial charge in [0.25, 0.3) is 0 Å². The van der Waals surface area contributed by atoms with Gasteiger partial charge < -0.3 is 19.9 Å². The van der Waals surface area contributed by atoms with Crippen LogP contribution in [0.4, 0.5) is 0 Å². The van der Waals surface area contributed by atoms with Crippen LogP contribution in [-0.4, -0.2) is 42.8 Å². The molecule has 9 heteroatoms. The van der Waals surface area contributed by atoms with Gasteiger partial charge in [-0.25, -0.2) is 19.4 Å². The molecule has 3 N–H and O–H groups in total. The van der Waals surface area contributed by atoms with Gasteiger partial charge in [0.2, 0.25) is 0 Å². The standard InChI is InChI=1S/C9H13N3.C9H6O6/c1-3-9-11-8(2)7-12(9)6-4-5-10;10-7(11)4-1-2-5(8(12)13)6(3-4)9(14)15/h7H,3-4,6H2,1-2H3;1-3H,(H,10,11)(H,12,13)(H,14,15). The van der Waals surface area contributed by atoms with E-state index in [-0.39, 0.29) is 5.56 Å². The minimum absolute atomic E-state index is 0.266. The van der Waals surface area contributed by atoms with E-state index >= 15 is 0 Å². The van der Waals surface area contributed by atoms with Gasteiger partial charge in [-0.05, 0) is 25.1 Å². The van der Waals surface area contributed by atoms with Gasteiger partial charge >= 0.3 is 17.9 Å². The topological polar surface area (TPSA) is 154 Å². The van der Waals surface area contributed by atoms with Crippen LogP contribution in [0.15, 0.2) is 24.4 Å². The van der Waals surface area contributed by atoms with Crippen LogP contribution in [0.25, 0.3) is 0 Å². The van der Waals surface area contributed by atoms with Crippen molar-refractivity contribution in [3.05, 3.63) is 52.6 Å². The first-order valence-electron chi connectivity index (χ1n) is 7.94. The number of hydrogen-bond donors (Lipinski definition) is 3. The summed E-state index contributed by atoms with van der Waals surface area (Å²) in [5.41, 5.74) is -0.211. The second kappa shape index (κ2) is 9.72. The van der Waals surface area contributed by atoms with Crippen molar-refractivity contribution in [2.45, 2.75) is 33.2 Å². The first-order valence-corrected chi connectivity index (χ1v) is 7.94. The molecular weight excluding hydrogens is 354 g/mol. The predicted molar refractivity (Wildman–Crippen MR) is 93.9 cm³/mol. The molecular formula is C18H19N3O6. The molecule has 1 aromatic carbocycles. The van der Waals surface area contributed by atoms with E-state index in [1.54, 1.807) is 0 Å². The summed E-state index contributed by atoms with van der Waals surface area (Å²) in [7, 11) is 0. The molecule has 2 aromatic rings. The molecule has 0 amide bonds. The SMILES string of the molecule is CCc1nc(C)cn1CCC#N.O=C(O)c1ccc(C(=O)O)c(C(=O)O)c1. The Kier molecular flexibility index (Phi) is 7.69. The van der Waals surface area contributed by atoms with E-state index in [0.29, 0.717) is 6.42 Å². The maximum atomic E-state index is 10.6. The monoisotopic (exact) mass is 373 g/mol. The van der Waals surface area contributed by atoms with E-state index in [1.165, 1.54) is 0 Å². The van der Waals surface area contributed by atoms with Crippen molar-refractivity contribution >= 4 is 17.9 Å². The second-order valence-corrected chi connectivity index (χ2v) is 5.43. The maximum Gasteiger partial charge on any atom is 0.336 e. The fourth-order valence-corrected chi connectivity index (χ4v) is 2.28. The molecule has 0 spiro atoms. The second-order valence-electron chi connectivity index (χ2n) is 5.43. The van der Waals surface area contributed by atoms with Gasteiger partial charge in [-0.2, -0.15) is 5.26 Å². The number of carbonyl (C=O) groups is 3. The zero-order chi connectivity index (χ0) is 20.6. The fourth-order valence-electron chi connectivity index (χ4n) is 2.28. The highest BCUT2D eigenvalue weighted by molar-refractivity contribution is 6.03. The lowest BCUT2D eigenvalue weighted by Gasteiger charge is -2.02. The molecule has 27 heavy (non-hydrogen) atoms. The Balaban J connectivity index is 0.000000277. The summed E-state index contributed by atoms with van der Waals surface area (Å²) >= 11 is 0. The summed E-state index contributed by atoms with van der Waals surface area (Å²) in [6, 6.07) is 4.94. The molecule has 0 aliphatic carbocycles. The molecule has 1 aromatic heterocycles. The molecule has 0 unspecified atom stereocenters. The average molecular weight is 373 g/mol. The van der Waals surface area contributed by atoms with Crippen molar-refractivity contribution in [3.63, 3.8) is 0 Å². The molecule has 0 radical (unpaired) electrons. The lowest BCUT2D eigenvalue weighted by Crippen LogP contribution is -2.10. The Labute approximate surface area is 155 Å². The predicted octanol–water partition coefficient (Wildman–Crippen LogP) is 2.45. The fraction of sp³-hybridized carbons (Fsp3) is 0.278. The third kappa shape index (κ3) is 5.97. The van der Waals surface area contributed by atoms with Crippen molar-refractivity contribution in [2.75, 3.05) is 0 Å². The molecule has 0 bridgehead atoms.